The summed E-state index contributed by atoms with van der Waals surface area (Å²) in [7, 11) is 2.11. The van der Waals surface area contributed by atoms with E-state index in [-0.39, 0.29) is 5.82 Å². The molecule has 1 aliphatic heterocycles. The lowest BCUT2D eigenvalue weighted by Gasteiger charge is -2.32. The first-order chi connectivity index (χ1) is 11.6. The van der Waals surface area contributed by atoms with Crippen LogP contribution in [0.1, 0.15) is 11.1 Å². The van der Waals surface area contributed by atoms with Crippen molar-refractivity contribution in [2.45, 2.75) is 6.54 Å². The third-order valence-electron chi connectivity index (χ3n) is 3.96. The first kappa shape index (κ1) is 16.8. The Morgan fingerprint density at radius 3 is 2.83 bits per heavy atom. The zero-order valence-corrected chi connectivity index (χ0v) is 14.4. The number of nitrogens with one attached hydrogen (secondary N) is 1. The molecule has 2 aromatic rings. The number of anilines is 2. The van der Waals surface area contributed by atoms with E-state index in [9.17, 15) is 4.39 Å². The molecule has 6 nitrogen and oxygen atoms in total. The van der Waals surface area contributed by atoms with Crippen LogP contribution in [0.15, 0.2) is 28.7 Å². The number of nitrogen functional groups attached to an aromatic ring is 1. The van der Waals surface area contributed by atoms with Gasteiger partial charge in [0.05, 0.1) is 6.21 Å². The van der Waals surface area contributed by atoms with Crippen molar-refractivity contribution >= 4 is 28.5 Å². The average molecular weight is 348 g/mol. The van der Waals surface area contributed by atoms with Gasteiger partial charge in [-0.25, -0.2) is 9.37 Å². The van der Waals surface area contributed by atoms with Gasteiger partial charge in [0.2, 0.25) is 5.13 Å². The lowest BCUT2D eigenvalue weighted by atomic mass is 10.1. The lowest BCUT2D eigenvalue weighted by Crippen LogP contribution is -2.44. The Morgan fingerprint density at radius 1 is 1.38 bits per heavy atom. The highest BCUT2D eigenvalue weighted by molar-refractivity contribution is 7.14. The van der Waals surface area contributed by atoms with Crippen molar-refractivity contribution in [1.82, 2.24) is 14.8 Å². The Labute approximate surface area is 144 Å². The maximum atomic E-state index is 14.3. The number of likely N-dealkylation sites (N-methyl/N-ethyl adjacent to an activating group) is 1. The van der Waals surface area contributed by atoms with E-state index in [2.05, 4.69) is 32.4 Å². The Balaban J connectivity index is 1.57. The number of thiazole rings is 1. The molecule has 0 spiro atoms. The van der Waals surface area contributed by atoms with E-state index in [1.54, 1.807) is 11.6 Å². The molecule has 3 N–H and O–H groups in total. The van der Waals surface area contributed by atoms with Crippen LogP contribution in [0, 0.1) is 5.82 Å². The maximum absolute atomic E-state index is 14.3. The van der Waals surface area contributed by atoms with E-state index in [1.807, 2.05) is 12.1 Å². The number of nitrogens with two attached hydrogens (primary N) is 1. The summed E-state index contributed by atoms with van der Waals surface area (Å²) in [5.74, 6) is 0.258. The molecule has 0 saturated carbocycles. The molecule has 0 unspecified atom stereocenters. The molecule has 8 heteroatoms. The van der Waals surface area contributed by atoms with Gasteiger partial charge in [-0.2, -0.15) is 5.10 Å². The molecule has 24 heavy (non-hydrogen) atoms. The predicted molar refractivity (Wildman–Crippen MR) is 96.9 cm³/mol. The summed E-state index contributed by atoms with van der Waals surface area (Å²) in [4.78, 5) is 8.60. The first-order valence-electron chi connectivity index (χ1n) is 7.79. The molecule has 0 radical (unpaired) electrons. The van der Waals surface area contributed by atoms with E-state index in [1.165, 1.54) is 17.4 Å². The summed E-state index contributed by atoms with van der Waals surface area (Å²) >= 11 is 1.37. The summed E-state index contributed by atoms with van der Waals surface area (Å²) < 4.78 is 14.3. The summed E-state index contributed by atoms with van der Waals surface area (Å²) in [6.07, 6.45) is 1.57. The highest BCUT2D eigenvalue weighted by atomic mass is 32.1. The monoisotopic (exact) mass is 348 g/mol. The number of aromatic nitrogens is 1. The number of halogens is 1. The summed E-state index contributed by atoms with van der Waals surface area (Å²) in [6, 6.07) is 5.21. The van der Waals surface area contributed by atoms with Crippen molar-refractivity contribution in [3.63, 3.8) is 0 Å². The van der Waals surface area contributed by atoms with Crippen LogP contribution in [0.2, 0.25) is 0 Å². The second kappa shape index (κ2) is 7.69. The fraction of sp³-hybridized carbons (Fsp3) is 0.375. The van der Waals surface area contributed by atoms with Gasteiger partial charge in [0.1, 0.15) is 11.6 Å². The average Bonchev–Trinajstić information content (AvgIpc) is 2.97. The highest BCUT2D eigenvalue weighted by Crippen LogP contribution is 2.16. The van der Waals surface area contributed by atoms with Crippen molar-refractivity contribution < 1.29 is 4.39 Å². The maximum Gasteiger partial charge on any atom is 0.205 e. The van der Waals surface area contributed by atoms with Gasteiger partial charge in [0, 0.05) is 43.7 Å². The molecule has 1 aromatic carbocycles. The molecule has 1 fully saturated rings. The summed E-state index contributed by atoms with van der Waals surface area (Å²) in [6.45, 7) is 4.65. The number of hydrogen-bond acceptors (Lipinski definition) is 7. The number of piperazine rings is 1. The minimum Gasteiger partial charge on any atom is -0.383 e. The predicted octanol–water partition coefficient (Wildman–Crippen LogP) is 2.06. The zero-order chi connectivity index (χ0) is 16.9. The number of hydrogen-bond donors (Lipinski definition) is 2. The Hall–Kier alpha value is -2.03. The number of nitrogens with zero attached hydrogens (tertiary/aromatic N) is 4. The number of benzene rings is 1. The smallest absolute Gasteiger partial charge is 0.205 e. The van der Waals surface area contributed by atoms with Crippen LogP contribution < -0.4 is 11.2 Å². The molecular weight excluding hydrogens is 327 g/mol. The Kier molecular flexibility index (Phi) is 5.39. The van der Waals surface area contributed by atoms with Gasteiger partial charge < -0.3 is 10.6 Å². The van der Waals surface area contributed by atoms with Crippen molar-refractivity contribution in [2.75, 3.05) is 44.4 Å². The van der Waals surface area contributed by atoms with Crippen molar-refractivity contribution in [3.05, 3.63) is 40.5 Å². The van der Waals surface area contributed by atoms with Crippen LogP contribution in [0.5, 0.6) is 0 Å². The van der Waals surface area contributed by atoms with Crippen molar-refractivity contribution in [1.29, 1.82) is 0 Å². The second-order valence-corrected chi connectivity index (χ2v) is 6.74. The van der Waals surface area contributed by atoms with E-state index in [4.69, 9.17) is 5.73 Å². The fourth-order valence-corrected chi connectivity index (χ4v) is 3.07. The third kappa shape index (κ3) is 4.50. The Morgan fingerprint density at radius 2 is 2.17 bits per heavy atom. The lowest BCUT2D eigenvalue weighted by molar-refractivity contribution is 0.147. The van der Waals surface area contributed by atoms with Gasteiger partial charge in [0.15, 0.2) is 0 Å². The van der Waals surface area contributed by atoms with Gasteiger partial charge in [0.25, 0.3) is 0 Å². The molecule has 128 valence electrons. The van der Waals surface area contributed by atoms with E-state index in [0.717, 1.165) is 31.7 Å². The molecule has 1 saturated heterocycles. The largest absolute Gasteiger partial charge is 0.383 e. The zero-order valence-electron chi connectivity index (χ0n) is 13.6. The van der Waals surface area contributed by atoms with Gasteiger partial charge >= 0.3 is 0 Å². The quantitative estimate of drug-likeness (QED) is 0.639. The molecule has 1 aliphatic rings. The topological polar surface area (TPSA) is 69.8 Å². The van der Waals surface area contributed by atoms with Gasteiger partial charge in [-0.15, -0.1) is 11.3 Å². The van der Waals surface area contributed by atoms with Crippen molar-refractivity contribution in [3.8, 4) is 0 Å². The molecule has 2 heterocycles. The normalized spacial score (nSPS) is 16.8. The van der Waals surface area contributed by atoms with Crippen LogP contribution in [0.25, 0.3) is 0 Å². The first-order valence-corrected chi connectivity index (χ1v) is 8.67. The minimum atomic E-state index is -0.198. The van der Waals surface area contributed by atoms with Gasteiger partial charge in [-0.1, -0.05) is 12.1 Å². The molecule has 0 amide bonds. The standard InChI is InChI=1S/C16H21FN6S/c1-22-4-6-23(7-5-22)10-13-3-2-12(8-14(13)17)9-19-21-16-20-15(18)11-24-16/h2-3,8-9,11H,4-7,10,18H2,1H3,(H,20,21). The van der Waals surface area contributed by atoms with E-state index < -0.39 is 0 Å². The van der Waals surface area contributed by atoms with Crippen molar-refractivity contribution in [2.24, 2.45) is 5.10 Å². The van der Waals surface area contributed by atoms with E-state index >= 15 is 0 Å². The molecule has 3 rings (SSSR count). The SMILES string of the molecule is CN1CCN(Cc2ccc(C=NNc3nc(N)cs3)cc2F)CC1. The molecule has 0 atom stereocenters. The van der Waals surface area contributed by atoms with Gasteiger partial charge in [-0.3, -0.25) is 10.3 Å². The third-order valence-corrected chi connectivity index (χ3v) is 4.73. The number of rotatable bonds is 5. The van der Waals surface area contributed by atoms with E-state index in [0.29, 0.717) is 23.1 Å². The molecule has 0 aliphatic carbocycles. The summed E-state index contributed by atoms with van der Waals surface area (Å²) in [5.41, 5.74) is 9.73. The van der Waals surface area contributed by atoms with Gasteiger partial charge in [-0.05, 0) is 18.7 Å². The van der Waals surface area contributed by atoms with Crippen LogP contribution in [0.3, 0.4) is 0 Å². The highest BCUT2D eigenvalue weighted by Gasteiger charge is 2.15. The summed E-state index contributed by atoms with van der Waals surface area (Å²) in [5, 5.41) is 6.39. The van der Waals surface area contributed by atoms with Crippen LogP contribution >= 0.6 is 11.3 Å². The molecule has 1 aromatic heterocycles. The van der Waals surface area contributed by atoms with Crippen LogP contribution in [-0.2, 0) is 6.54 Å². The van der Waals surface area contributed by atoms with Crippen LogP contribution in [-0.4, -0.2) is 54.2 Å². The molecule has 0 bridgehead atoms. The minimum absolute atomic E-state index is 0.198. The fourth-order valence-electron chi connectivity index (χ4n) is 2.52. The van der Waals surface area contributed by atoms with Crippen LogP contribution in [0.4, 0.5) is 15.3 Å². The Bertz CT molecular complexity index is 708. The second-order valence-electron chi connectivity index (χ2n) is 5.88. The molecular formula is C16H21FN6S. The number of hydrazone groups is 1.